The van der Waals surface area contributed by atoms with E-state index in [4.69, 9.17) is 0 Å². The first-order valence-electron chi connectivity index (χ1n) is 9.30. The van der Waals surface area contributed by atoms with Gasteiger partial charge in [0.2, 0.25) is 0 Å². The van der Waals surface area contributed by atoms with Gasteiger partial charge in [0, 0.05) is 5.56 Å². The number of Topliss-reactive ketones (excluding diaryl/α,β-unsaturated/α-hetero) is 1. The molecule has 0 bridgehead atoms. The zero-order valence-corrected chi connectivity index (χ0v) is 15.1. The molecule has 0 atom stereocenters. The quantitative estimate of drug-likeness (QED) is 0.611. The molecule has 5 heteroatoms. The molecule has 3 amide bonds. The Morgan fingerprint density at radius 2 is 1.80 bits per heavy atom. The minimum atomic E-state index is -0.835. The van der Waals surface area contributed by atoms with Gasteiger partial charge in [0.15, 0.2) is 5.78 Å². The van der Waals surface area contributed by atoms with Gasteiger partial charge in [-0.25, -0.2) is 4.79 Å². The first-order valence-corrected chi connectivity index (χ1v) is 9.30. The van der Waals surface area contributed by atoms with E-state index in [1.807, 2.05) is 32.0 Å². The van der Waals surface area contributed by atoms with Gasteiger partial charge in [-0.3, -0.25) is 14.5 Å². The summed E-state index contributed by atoms with van der Waals surface area (Å²) in [5.74, 6) is -0.433. The van der Waals surface area contributed by atoms with Crippen molar-refractivity contribution >= 4 is 17.7 Å². The Kier molecular flexibility index (Phi) is 4.93. The van der Waals surface area contributed by atoms with E-state index in [0.717, 1.165) is 37.0 Å². The molecule has 0 spiro atoms. The summed E-state index contributed by atoms with van der Waals surface area (Å²) >= 11 is 0. The number of nitrogens with zero attached hydrogens (tertiary/aromatic N) is 1. The van der Waals surface area contributed by atoms with Gasteiger partial charge in [-0.05, 0) is 49.3 Å². The third-order valence-corrected chi connectivity index (χ3v) is 5.32. The summed E-state index contributed by atoms with van der Waals surface area (Å²) < 4.78 is 0. The van der Waals surface area contributed by atoms with Gasteiger partial charge in [0.25, 0.3) is 5.91 Å². The Morgan fingerprint density at radius 1 is 1.12 bits per heavy atom. The molecule has 2 aliphatic rings. The van der Waals surface area contributed by atoms with E-state index in [1.54, 1.807) is 0 Å². The van der Waals surface area contributed by atoms with Crippen LogP contribution in [0, 0.1) is 0 Å². The average Bonchev–Trinajstić information content (AvgIpc) is 3.14. The van der Waals surface area contributed by atoms with Gasteiger partial charge in [-0.1, -0.05) is 38.8 Å². The average molecular weight is 342 g/mol. The number of ketones is 1. The Bertz CT molecular complexity index is 705. The molecule has 1 aromatic carbocycles. The standard InChI is InChI=1S/C20H26N2O3/c1-3-10-20(11-4-2)18(24)22(19(25)21-20)13-17(23)16-9-8-14-6-5-7-15(14)12-16/h8-9,12H,3-7,10-11,13H2,1-2H3,(H,21,25). The van der Waals surface area contributed by atoms with E-state index in [9.17, 15) is 14.4 Å². The second-order valence-corrected chi connectivity index (χ2v) is 7.16. The lowest BCUT2D eigenvalue weighted by Crippen LogP contribution is -2.47. The highest BCUT2D eigenvalue weighted by Crippen LogP contribution is 2.28. The van der Waals surface area contributed by atoms with Crippen LogP contribution < -0.4 is 5.32 Å². The molecule has 3 rings (SSSR count). The summed E-state index contributed by atoms with van der Waals surface area (Å²) in [7, 11) is 0. The van der Waals surface area contributed by atoms with E-state index >= 15 is 0 Å². The summed E-state index contributed by atoms with van der Waals surface area (Å²) in [6.45, 7) is 3.81. The van der Waals surface area contributed by atoms with Crippen molar-refractivity contribution in [3.63, 3.8) is 0 Å². The number of benzene rings is 1. The highest BCUT2D eigenvalue weighted by molar-refractivity contribution is 6.11. The maximum atomic E-state index is 12.9. The minimum absolute atomic E-state index is 0.179. The number of hydrogen-bond acceptors (Lipinski definition) is 3. The topological polar surface area (TPSA) is 66.5 Å². The van der Waals surface area contributed by atoms with Crippen molar-refractivity contribution in [3.8, 4) is 0 Å². The molecule has 5 nitrogen and oxygen atoms in total. The number of rotatable bonds is 7. The van der Waals surface area contributed by atoms with Crippen LogP contribution in [0.5, 0.6) is 0 Å². The molecule has 1 aliphatic heterocycles. The van der Waals surface area contributed by atoms with E-state index in [2.05, 4.69) is 5.32 Å². The number of fused-ring (bicyclic) bond motifs is 1. The lowest BCUT2D eigenvalue weighted by molar-refractivity contribution is -0.131. The Balaban J connectivity index is 1.77. The molecule has 0 unspecified atom stereocenters. The van der Waals surface area contributed by atoms with Gasteiger partial charge in [-0.15, -0.1) is 0 Å². The third-order valence-electron chi connectivity index (χ3n) is 5.32. The second-order valence-electron chi connectivity index (χ2n) is 7.16. The van der Waals surface area contributed by atoms with Crippen LogP contribution in [0.2, 0.25) is 0 Å². The van der Waals surface area contributed by atoms with Crippen LogP contribution >= 0.6 is 0 Å². The predicted octanol–water partition coefficient (Wildman–Crippen LogP) is 3.25. The highest BCUT2D eigenvalue weighted by Gasteiger charge is 2.50. The smallest absolute Gasteiger partial charge is 0.323 e. The first-order chi connectivity index (χ1) is 12.0. The van der Waals surface area contributed by atoms with E-state index in [-0.39, 0.29) is 18.2 Å². The lowest BCUT2D eigenvalue weighted by Gasteiger charge is -2.25. The zero-order chi connectivity index (χ0) is 18.0. The van der Waals surface area contributed by atoms with Crippen LogP contribution in [0.3, 0.4) is 0 Å². The molecule has 1 N–H and O–H groups in total. The van der Waals surface area contributed by atoms with E-state index in [1.165, 1.54) is 11.1 Å². The summed E-state index contributed by atoms with van der Waals surface area (Å²) in [5, 5.41) is 2.85. The molecule has 1 aliphatic carbocycles. The molecule has 0 radical (unpaired) electrons. The van der Waals surface area contributed by atoms with Crippen LogP contribution in [-0.4, -0.2) is 34.7 Å². The van der Waals surface area contributed by atoms with Crippen molar-refractivity contribution < 1.29 is 14.4 Å². The predicted molar refractivity (Wildman–Crippen MR) is 95.6 cm³/mol. The molecule has 1 heterocycles. The van der Waals surface area contributed by atoms with Crippen LogP contribution in [0.4, 0.5) is 4.79 Å². The van der Waals surface area contributed by atoms with Crippen molar-refractivity contribution in [3.05, 3.63) is 34.9 Å². The van der Waals surface area contributed by atoms with Gasteiger partial charge in [0.05, 0.1) is 6.54 Å². The first kappa shape index (κ1) is 17.6. The number of carbonyl (C=O) groups is 3. The second kappa shape index (κ2) is 6.98. The molecule has 134 valence electrons. The maximum absolute atomic E-state index is 12.9. The molecule has 25 heavy (non-hydrogen) atoms. The zero-order valence-electron chi connectivity index (χ0n) is 15.1. The Hall–Kier alpha value is -2.17. The van der Waals surface area contributed by atoms with Gasteiger partial charge >= 0.3 is 6.03 Å². The van der Waals surface area contributed by atoms with Crippen LogP contribution in [0.1, 0.15) is 67.4 Å². The number of nitrogens with one attached hydrogen (secondary N) is 1. The molecular formula is C20H26N2O3. The molecule has 1 aromatic rings. The number of imide groups is 1. The SMILES string of the molecule is CCCC1(CCC)NC(=O)N(CC(=O)c2ccc3c(c2)CCC3)C1=O. The number of carbonyl (C=O) groups excluding carboxylic acids is 3. The highest BCUT2D eigenvalue weighted by atomic mass is 16.2. The van der Waals surface area contributed by atoms with Crippen LogP contribution in [0.25, 0.3) is 0 Å². The van der Waals surface area contributed by atoms with Crippen molar-refractivity contribution in [1.82, 2.24) is 10.2 Å². The van der Waals surface area contributed by atoms with Gasteiger partial charge < -0.3 is 5.32 Å². The minimum Gasteiger partial charge on any atom is -0.323 e. The number of hydrogen-bond donors (Lipinski definition) is 1. The molecule has 0 aromatic heterocycles. The Labute approximate surface area is 148 Å². The molecule has 1 fully saturated rings. The maximum Gasteiger partial charge on any atom is 0.325 e. The summed E-state index contributed by atoms with van der Waals surface area (Å²) in [6, 6.07) is 5.30. The van der Waals surface area contributed by atoms with Crippen LogP contribution in [-0.2, 0) is 17.6 Å². The number of urea groups is 1. The molecular weight excluding hydrogens is 316 g/mol. The summed E-state index contributed by atoms with van der Waals surface area (Å²) in [6.07, 6.45) is 6.00. The van der Waals surface area contributed by atoms with Gasteiger partial charge in [0.1, 0.15) is 5.54 Å². The molecule has 0 saturated carbocycles. The van der Waals surface area contributed by atoms with Crippen molar-refractivity contribution in [1.29, 1.82) is 0 Å². The van der Waals surface area contributed by atoms with E-state index in [0.29, 0.717) is 18.4 Å². The monoisotopic (exact) mass is 342 g/mol. The largest absolute Gasteiger partial charge is 0.325 e. The Morgan fingerprint density at radius 3 is 2.48 bits per heavy atom. The fourth-order valence-electron chi connectivity index (χ4n) is 4.12. The number of amides is 3. The summed E-state index contributed by atoms with van der Waals surface area (Å²) in [4.78, 5) is 39.0. The van der Waals surface area contributed by atoms with Crippen molar-refractivity contribution in [2.75, 3.05) is 6.54 Å². The third kappa shape index (κ3) is 3.20. The fraction of sp³-hybridized carbons (Fsp3) is 0.550. The van der Waals surface area contributed by atoms with Crippen LogP contribution in [0.15, 0.2) is 18.2 Å². The number of aryl methyl sites for hydroxylation is 2. The van der Waals surface area contributed by atoms with Crippen molar-refractivity contribution in [2.24, 2.45) is 0 Å². The summed E-state index contributed by atoms with van der Waals surface area (Å²) in [5.41, 5.74) is 2.27. The van der Waals surface area contributed by atoms with E-state index < -0.39 is 11.6 Å². The fourth-order valence-corrected chi connectivity index (χ4v) is 4.12. The molecule has 1 saturated heterocycles. The van der Waals surface area contributed by atoms with Gasteiger partial charge in [-0.2, -0.15) is 0 Å². The lowest BCUT2D eigenvalue weighted by atomic mass is 9.88. The van der Waals surface area contributed by atoms with Crippen molar-refractivity contribution in [2.45, 2.75) is 64.3 Å². The normalized spacial score (nSPS) is 18.4.